The molecule has 1 N–H and O–H groups in total. The molecule has 1 heterocycles. The predicted molar refractivity (Wildman–Crippen MR) is 65.1 cm³/mol. The van der Waals surface area contributed by atoms with Crippen molar-refractivity contribution in [2.45, 2.75) is 37.9 Å². The molecule has 0 aliphatic rings. The van der Waals surface area contributed by atoms with Crippen LogP contribution in [0.2, 0.25) is 0 Å². The smallest absolute Gasteiger partial charge is 0.187 e. The summed E-state index contributed by atoms with van der Waals surface area (Å²) in [6, 6.07) is 2.49. The van der Waals surface area contributed by atoms with Gasteiger partial charge in [0.1, 0.15) is 0 Å². The number of nitrogens with zero attached hydrogens (tertiary/aromatic N) is 2. The van der Waals surface area contributed by atoms with E-state index in [2.05, 4.69) is 29.1 Å². The lowest BCUT2D eigenvalue weighted by Gasteiger charge is -2.13. The second kappa shape index (κ2) is 7.65. The van der Waals surface area contributed by atoms with Crippen LogP contribution in [0.25, 0.3) is 0 Å². The molecular weight excluding hydrogens is 206 g/mol. The van der Waals surface area contributed by atoms with Gasteiger partial charge >= 0.3 is 0 Å². The molecule has 15 heavy (non-hydrogen) atoms. The zero-order valence-corrected chi connectivity index (χ0v) is 10.3. The van der Waals surface area contributed by atoms with Crippen molar-refractivity contribution in [1.29, 1.82) is 0 Å². The summed E-state index contributed by atoms with van der Waals surface area (Å²) in [4.78, 5) is 8.32. The van der Waals surface area contributed by atoms with Crippen LogP contribution < -0.4 is 5.32 Å². The minimum atomic E-state index is 0.655. The van der Waals surface area contributed by atoms with Gasteiger partial charge in [0, 0.05) is 30.7 Å². The van der Waals surface area contributed by atoms with Gasteiger partial charge in [-0.1, -0.05) is 25.6 Å². The highest BCUT2D eigenvalue weighted by molar-refractivity contribution is 7.99. The molecule has 0 saturated carbocycles. The standard InChI is InChI=1S/C11H19N3S/c1-3-10(4-2)12-8-9-15-11-13-6-5-7-14-11/h5-7,10,12H,3-4,8-9H2,1-2H3. The number of aromatic nitrogens is 2. The number of nitrogens with one attached hydrogen (secondary N) is 1. The molecule has 4 heteroatoms. The normalized spacial score (nSPS) is 10.9. The molecule has 84 valence electrons. The first-order chi connectivity index (χ1) is 7.36. The van der Waals surface area contributed by atoms with E-state index in [0.29, 0.717) is 6.04 Å². The van der Waals surface area contributed by atoms with Crippen molar-refractivity contribution in [2.24, 2.45) is 0 Å². The second-order valence-electron chi connectivity index (χ2n) is 3.35. The van der Waals surface area contributed by atoms with Crippen LogP contribution in [0, 0.1) is 0 Å². The van der Waals surface area contributed by atoms with Crippen LogP contribution in [0.1, 0.15) is 26.7 Å². The average Bonchev–Trinajstić information content (AvgIpc) is 2.31. The van der Waals surface area contributed by atoms with Crippen molar-refractivity contribution < 1.29 is 0 Å². The Morgan fingerprint density at radius 3 is 2.53 bits per heavy atom. The van der Waals surface area contributed by atoms with E-state index in [9.17, 15) is 0 Å². The van der Waals surface area contributed by atoms with Gasteiger partial charge in [-0.2, -0.15) is 0 Å². The summed E-state index contributed by atoms with van der Waals surface area (Å²) in [5.74, 6) is 1.03. The lowest BCUT2D eigenvalue weighted by molar-refractivity contribution is 0.501. The van der Waals surface area contributed by atoms with Crippen molar-refractivity contribution in [1.82, 2.24) is 15.3 Å². The molecule has 1 aromatic rings. The van der Waals surface area contributed by atoms with Gasteiger partial charge in [-0.3, -0.25) is 0 Å². The molecule has 0 fully saturated rings. The van der Waals surface area contributed by atoms with Crippen LogP contribution in [-0.4, -0.2) is 28.3 Å². The topological polar surface area (TPSA) is 37.8 Å². The second-order valence-corrected chi connectivity index (χ2v) is 4.41. The average molecular weight is 225 g/mol. The quantitative estimate of drug-likeness (QED) is 0.439. The summed E-state index contributed by atoms with van der Waals surface area (Å²) >= 11 is 1.70. The van der Waals surface area contributed by atoms with E-state index >= 15 is 0 Å². The molecule has 0 saturated heterocycles. The number of rotatable bonds is 7. The van der Waals surface area contributed by atoms with Gasteiger partial charge in [-0.05, 0) is 18.9 Å². The number of hydrogen-bond donors (Lipinski definition) is 1. The molecule has 1 aromatic heterocycles. The summed E-state index contributed by atoms with van der Waals surface area (Å²) < 4.78 is 0. The Morgan fingerprint density at radius 1 is 1.27 bits per heavy atom. The van der Waals surface area contributed by atoms with E-state index in [1.54, 1.807) is 24.2 Å². The lowest BCUT2D eigenvalue weighted by atomic mass is 10.2. The molecule has 0 atom stereocenters. The van der Waals surface area contributed by atoms with E-state index in [-0.39, 0.29) is 0 Å². The Balaban J connectivity index is 2.12. The lowest BCUT2D eigenvalue weighted by Crippen LogP contribution is -2.29. The molecule has 3 nitrogen and oxygen atoms in total. The minimum Gasteiger partial charge on any atom is -0.313 e. The van der Waals surface area contributed by atoms with Crippen molar-refractivity contribution in [3.63, 3.8) is 0 Å². The van der Waals surface area contributed by atoms with Gasteiger partial charge in [-0.15, -0.1) is 0 Å². The van der Waals surface area contributed by atoms with E-state index in [1.807, 2.05) is 6.07 Å². The molecule has 0 aliphatic carbocycles. The monoisotopic (exact) mass is 225 g/mol. The summed E-state index contributed by atoms with van der Waals surface area (Å²) in [5.41, 5.74) is 0. The third-order valence-corrected chi connectivity index (χ3v) is 3.17. The third kappa shape index (κ3) is 5.14. The van der Waals surface area contributed by atoms with Gasteiger partial charge in [-0.25, -0.2) is 9.97 Å². The predicted octanol–water partition coefficient (Wildman–Crippen LogP) is 2.35. The Hall–Kier alpha value is -0.610. The highest BCUT2D eigenvalue weighted by Crippen LogP contribution is 2.09. The Kier molecular flexibility index (Phi) is 6.36. The van der Waals surface area contributed by atoms with Crippen LogP contribution in [0.3, 0.4) is 0 Å². The summed E-state index contributed by atoms with van der Waals surface area (Å²) in [7, 11) is 0. The highest BCUT2D eigenvalue weighted by atomic mass is 32.2. The maximum Gasteiger partial charge on any atom is 0.187 e. The van der Waals surface area contributed by atoms with E-state index < -0.39 is 0 Å². The van der Waals surface area contributed by atoms with Crippen molar-refractivity contribution in [2.75, 3.05) is 12.3 Å². The zero-order chi connectivity index (χ0) is 10.9. The van der Waals surface area contributed by atoms with Crippen LogP contribution in [-0.2, 0) is 0 Å². The first kappa shape index (κ1) is 12.5. The molecule has 0 amide bonds. The number of thioether (sulfide) groups is 1. The first-order valence-corrected chi connectivity index (χ1v) is 6.48. The van der Waals surface area contributed by atoms with Gasteiger partial charge in [0.15, 0.2) is 5.16 Å². The van der Waals surface area contributed by atoms with Crippen molar-refractivity contribution >= 4 is 11.8 Å². The maximum atomic E-state index is 4.16. The molecule has 0 aromatic carbocycles. The fourth-order valence-electron chi connectivity index (χ4n) is 1.34. The molecule has 0 bridgehead atoms. The molecule has 0 aliphatic heterocycles. The Morgan fingerprint density at radius 2 is 1.93 bits per heavy atom. The third-order valence-electron chi connectivity index (χ3n) is 2.29. The van der Waals surface area contributed by atoms with Gasteiger partial charge < -0.3 is 5.32 Å². The van der Waals surface area contributed by atoms with Crippen LogP contribution in [0.15, 0.2) is 23.6 Å². The Bertz CT molecular complexity index is 249. The molecule has 0 unspecified atom stereocenters. The van der Waals surface area contributed by atoms with Gasteiger partial charge in [0.25, 0.3) is 0 Å². The fraction of sp³-hybridized carbons (Fsp3) is 0.636. The van der Waals surface area contributed by atoms with E-state index in [1.165, 1.54) is 12.8 Å². The fourth-order valence-corrected chi connectivity index (χ4v) is 2.02. The molecular formula is C11H19N3S. The maximum absolute atomic E-state index is 4.16. The largest absolute Gasteiger partial charge is 0.313 e. The van der Waals surface area contributed by atoms with Crippen molar-refractivity contribution in [3.8, 4) is 0 Å². The minimum absolute atomic E-state index is 0.655. The van der Waals surface area contributed by atoms with E-state index in [4.69, 9.17) is 0 Å². The molecule has 0 radical (unpaired) electrons. The summed E-state index contributed by atoms with van der Waals surface area (Å²) in [6.45, 7) is 5.46. The zero-order valence-electron chi connectivity index (χ0n) is 9.44. The summed E-state index contributed by atoms with van der Waals surface area (Å²) in [6.07, 6.45) is 5.96. The van der Waals surface area contributed by atoms with Crippen LogP contribution in [0.4, 0.5) is 0 Å². The van der Waals surface area contributed by atoms with Gasteiger partial charge in [0.05, 0.1) is 0 Å². The SMILES string of the molecule is CCC(CC)NCCSc1ncccn1. The van der Waals surface area contributed by atoms with Gasteiger partial charge in [0.2, 0.25) is 0 Å². The van der Waals surface area contributed by atoms with Crippen LogP contribution >= 0.6 is 11.8 Å². The highest BCUT2D eigenvalue weighted by Gasteiger charge is 2.01. The Labute approximate surface area is 96.1 Å². The van der Waals surface area contributed by atoms with E-state index in [0.717, 1.165) is 17.5 Å². The number of hydrogen-bond acceptors (Lipinski definition) is 4. The summed E-state index contributed by atoms with van der Waals surface area (Å²) in [5, 5.41) is 4.38. The van der Waals surface area contributed by atoms with Crippen LogP contribution in [0.5, 0.6) is 0 Å². The molecule has 1 rings (SSSR count). The molecule has 0 spiro atoms. The van der Waals surface area contributed by atoms with Crippen molar-refractivity contribution in [3.05, 3.63) is 18.5 Å². The first-order valence-electron chi connectivity index (χ1n) is 5.50.